The summed E-state index contributed by atoms with van der Waals surface area (Å²) in [5.41, 5.74) is 2.97. The number of nitrogens with one attached hydrogen (secondary N) is 1. The molecule has 0 spiro atoms. The van der Waals surface area contributed by atoms with Crippen molar-refractivity contribution in [1.82, 2.24) is 5.32 Å². The standard InChI is InChI=1S/C24H25NO2.C2H2O4/c1-18(21-11-7-4-8-12-21)25-19(2)24(26)22-13-15-23(16-14-22)27-17-20-9-5-3-6-10-20;3-1(4)2(5)6/h3-16,18-19,25H,17H2,1-2H3;(H,3,4)(H,5,6)/t18-,19-;/m1./s1. The molecule has 0 radical (unpaired) electrons. The molecule has 0 aliphatic rings. The zero-order valence-corrected chi connectivity index (χ0v) is 18.5. The minimum Gasteiger partial charge on any atom is -0.489 e. The Morgan fingerprint density at radius 3 is 1.82 bits per heavy atom. The number of carboxylic acid groups (broad SMARTS) is 2. The van der Waals surface area contributed by atoms with Gasteiger partial charge in [0.1, 0.15) is 12.4 Å². The fraction of sp³-hybridized carbons (Fsp3) is 0.192. The third-order valence-corrected chi connectivity index (χ3v) is 4.76. The van der Waals surface area contributed by atoms with Crippen LogP contribution < -0.4 is 10.1 Å². The van der Waals surface area contributed by atoms with Crippen LogP contribution in [0.3, 0.4) is 0 Å². The number of rotatable bonds is 8. The van der Waals surface area contributed by atoms with Crippen LogP contribution in [0.5, 0.6) is 5.75 Å². The first-order valence-corrected chi connectivity index (χ1v) is 10.4. The van der Waals surface area contributed by atoms with E-state index >= 15 is 0 Å². The molecule has 2 atom stereocenters. The van der Waals surface area contributed by atoms with Gasteiger partial charge in [0.05, 0.1) is 6.04 Å². The van der Waals surface area contributed by atoms with Gasteiger partial charge < -0.3 is 20.3 Å². The SMILES string of the molecule is C[C@@H](N[C@H](C)c1ccccc1)C(=O)c1ccc(OCc2ccccc2)cc1.O=C(O)C(=O)O. The normalized spacial score (nSPS) is 11.9. The van der Waals surface area contributed by atoms with Crippen LogP contribution in [-0.4, -0.2) is 34.0 Å². The molecule has 7 nitrogen and oxygen atoms in total. The Kier molecular flexibility index (Phi) is 9.80. The number of aliphatic carboxylic acids is 2. The maximum absolute atomic E-state index is 12.7. The number of carboxylic acids is 2. The maximum Gasteiger partial charge on any atom is 0.414 e. The van der Waals surface area contributed by atoms with E-state index < -0.39 is 11.9 Å². The molecule has 0 amide bonds. The van der Waals surface area contributed by atoms with Crippen LogP contribution in [0, 0.1) is 0 Å². The van der Waals surface area contributed by atoms with Gasteiger partial charge in [-0.15, -0.1) is 0 Å². The van der Waals surface area contributed by atoms with Gasteiger partial charge in [-0.1, -0.05) is 60.7 Å². The van der Waals surface area contributed by atoms with Crippen molar-refractivity contribution in [2.45, 2.75) is 32.5 Å². The molecule has 3 rings (SSSR count). The quantitative estimate of drug-likeness (QED) is 0.346. The average molecular weight is 450 g/mol. The first-order valence-electron chi connectivity index (χ1n) is 10.4. The summed E-state index contributed by atoms with van der Waals surface area (Å²) in [5.74, 6) is -2.81. The van der Waals surface area contributed by atoms with Gasteiger partial charge in [-0.25, -0.2) is 9.59 Å². The fourth-order valence-corrected chi connectivity index (χ4v) is 2.99. The van der Waals surface area contributed by atoms with Crippen LogP contribution in [0.1, 0.15) is 41.4 Å². The highest BCUT2D eigenvalue weighted by Crippen LogP contribution is 2.17. The van der Waals surface area contributed by atoms with E-state index in [4.69, 9.17) is 24.5 Å². The van der Waals surface area contributed by atoms with Gasteiger partial charge in [-0.05, 0) is 49.2 Å². The van der Waals surface area contributed by atoms with E-state index in [9.17, 15) is 4.79 Å². The van der Waals surface area contributed by atoms with Crippen molar-refractivity contribution in [1.29, 1.82) is 0 Å². The molecule has 0 bridgehead atoms. The minimum absolute atomic E-state index is 0.0763. The Morgan fingerprint density at radius 2 is 1.30 bits per heavy atom. The zero-order valence-electron chi connectivity index (χ0n) is 18.5. The van der Waals surface area contributed by atoms with Crippen molar-refractivity contribution in [2.75, 3.05) is 0 Å². The van der Waals surface area contributed by atoms with Gasteiger partial charge in [0, 0.05) is 11.6 Å². The lowest BCUT2D eigenvalue weighted by atomic mass is 10.0. The highest BCUT2D eigenvalue weighted by atomic mass is 16.5. The van der Waals surface area contributed by atoms with Gasteiger partial charge in [0.2, 0.25) is 0 Å². The Hall–Kier alpha value is -3.97. The molecule has 0 fully saturated rings. The summed E-state index contributed by atoms with van der Waals surface area (Å²) in [7, 11) is 0. The van der Waals surface area contributed by atoms with Crippen LogP contribution in [0.15, 0.2) is 84.9 Å². The number of carbonyl (C=O) groups excluding carboxylic acids is 1. The Balaban J connectivity index is 0.000000569. The third-order valence-electron chi connectivity index (χ3n) is 4.76. The van der Waals surface area contributed by atoms with Crippen molar-refractivity contribution in [3.63, 3.8) is 0 Å². The topological polar surface area (TPSA) is 113 Å². The molecule has 0 aliphatic carbocycles. The van der Waals surface area contributed by atoms with E-state index in [1.807, 2.05) is 79.7 Å². The predicted octanol–water partition coefficient (Wildman–Crippen LogP) is 4.34. The molecule has 172 valence electrons. The van der Waals surface area contributed by atoms with Crippen molar-refractivity contribution >= 4 is 17.7 Å². The highest BCUT2D eigenvalue weighted by molar-refractivity contribution is 6.27. The Bertz CT molecular complexity index is 1020. The van der Waals surface area contributed by atoms with Gasteiger partial charge in [0.15, 0.2) is 5.78 Å². The lowest BCUT2D eigenvalue weighted by Gasteiger charge is -2.19. The summed E-state index contributed by atoms with van der Waals surface area (Å²) in [5, 5.41) is 18.2. The summed E-state index contributed by atoms with van der Waals surface area (Å²) in [6.45, 7) is 4.49. The maximum atomic E-state index is 12.7. The second-order valence-electron chi connectivity index (χ2n) is 7.29. The second-order valence-corrected chi connectivity index (χ2v) is 7.29. The molecule has 0 saturated carbocycles. The number of benzene rings is 3. The van der Waals surface area contributed by atoms with Gasteiger partial charge >= 0.3 is 11.9 Å². The minimum atomic E-state index is -1.82. The van der Waals surface area contributed by atoms with E-state index in [0.717, 1.165) is 11.3 Å². The Morgan fingerprint density at radius 1 is 0.788 bits per heavy atom. The van der Waals surface area contributed by atoms with Crippen molar-refractivity contribution in [2.24, 2.45) is 0 Å². The van der Waals surface area contributed by atoms with E-state index in [1.165, 1.54) is 5.56 Å². The van der Waals surface area contributed by atoms with Crippen LogP contribution in [0.2, 0.25) is 0 Å². The van der Waals surface area contributed by atoms with E-state index in [0.29, 0.717) is 12.2 Å². The first-order chi connectivity index (χ1) is 15.8. The monoisotopic (exact) mass is 449 g/mol. The summed E-state index contributed by atoms with van der Waals surface area (Å²) >= 11 is 0. The van der Waals surface area contributed by atoms with Crippen molar-refractivity contribution in [3.05, 3.63) is 102 Å². The largest absolute Gasteiger partial charge is 0.489 e. The van der Waals surface area contributed by atoms with Crippen LogP contribution in [0.25, 0.3) is 0 Å². The third kappa shape index (κ3) is 8.59. The molecule has 0 saturated heterocycles. The van der Waals surface area contributed by atoms with E-state index in [2.05, 4.69) is 24.4 Å². The number of ketones is 1. The number of hydrogen-bond acceptors (Lipinski definition) is 5. The first kappa shape index (κ1) is 25.3. The predicted molar refractivity (Wildman–Crippen MR) is 124 cm³/mol. The van der Waals surface area contributed by atoms with E-state index in [-0.39, 0.29) is 17.9 Å². The molecule has 33 heavy (non-hydrogen) atoms. The van der Waals surface area contributed by atoms with Crippen LogP contribution in [0.4, 0.5) is 0 Å². The molecule has 3 N–H and O–H groups in total. The average Bonchev–Trinajstić information content (AvgIpc) is 2.84. The van der Waals surface area contributed by atoms with Crippen LogP contribution in [-0.2, 0) is 16.2 Å². The second kappa shape index (κ2) is 12.8. The molecule has 7 heteroatoms. The lowest BCUT2D eigenvalue weighted by molar-refractivity contribution is -0.159. The molecule has 3 aromatic carbocycles. The van der Waals surface area contributed by atoms with Crippen LogP contribution >= 0.6 is 0 Å². The molecule has 0 heterocycles. The summed E-state index contributed by atoms with van der Waals surface area (Å²) in [6, 6.07) is 27.4. The molecule has 0 aromatic heterocycles. The molecular weight excluding hydrogens is 422 g/mol. The number of hydrogen-bond donors (Lipinski definition) is 3. The molecular formula is C26H27NO6. The van der Waals surface area contributed by atoms with Gasteiger partial charge in [-0.2, -0.15) is 0 Å². The number of ether oxygens (including phenoxy) is 1. The van der Waals surface area contributed by atoms with Gasteiger partial charge in [0.25, 0.3) is 0 Å². The van der Waals surface area contributed by atoms with Crippen molar-refractivity contribution in [3.8, 4) is 5.75 Å². The molecule has 3 aromatic rings. The lowest BCUT2D eigenvalue weighted by Crippen LogP contribution is -2.35. The van der Waals surface area contributed by atoms with Crippen molar-refractivity contribution < 1.29 is 29.3 Å². The Labute approximate surface area is 192 Å². The van der Waals surface area contributed by atoms with Gasteiger partial charge in [-0.3, -0.25) is 4.79 Å². The fourth-order valence-electron chi connectivity index (χ4n) is 2.99. The summed E-state index contributed by atoms with van der Waals surface area (Å²) < 4.78 is 5.78. The number of carbonyl (C=O) groups is 3. The highest BCUT2D eigenvalue weighted by Gasteiger charge is 2.18. The summed E-state index contributed by atoms with van der Waals surface area (Å²) in [6.07, 6.45) is 0. The summed E-state index contributed by atoms with van der Waals surface area (Å²) in [4.78, 5) is 30.9. The molecule has 0 aliphatic heterocycles. The zero-order chi connectivity index (χ0) is 24.2. The number of Topliss-reactive ketones (excluding diaryl/α,β-unsaturated/α-hetero) is 1. The molecule has 0 unspecified atom stereocenters. The van der Waals surface area contributed by atoms with E-state index in [1.54, 1.807) is 0 Å². The smallest absolute Gasteiger partial charge is 0.414 e.